The van der Waals surface area contributed by atoms with E-state index in [1.54, 1.807) is 13.0 Å². The van der Waals surface area contributed by atoms with Crippen LogP contribution in [0, 0.1) is 0 Å². The van der Waals surface area contributed by atoms with Crippen LogP contribution in [0.25, 0.3) is 0 Å². The van der Waals surface area contributed by atoms with E-state index in [0.717, 1.165) is 5.57 Å². The van der Waals surface area contributed by atoms with Gasteiger partial charge in [-0.25, -0.2) is 0 Å². The molecule has 0 bridgehead atoms. The smallest absolute Gasteiger partial charge is 0.282 e. The molecule has 5 heteroatoms. The van der Waals surface area contributed by atoms with Crippen molar-refractivity contribution in [3.05, 3.63) is 22.8 Å². The molecule has 1 unspecified atom stereocenters. The lowest BCUT2D eigenvalue weighted by molar-refractivity contribution is -0.336. The fraction of sp³-hybridized carbons (Fsp3) is 0.500. The van der Waals surface area contributed by atoms with Gasteiger partial charge in [-0.05, 0) is 19.4 Å². The average molecular weight is 213 g/mol. The molecule has 74 valence electrons. The number of halogens is 4. The molecular formula is C8H8ClF3O. The fourth-order valence-corrected chi connectivity index (χ4v) is 1.35. The molecule has 0 heterocycles. The van der Waals surface area contributed by atoms with Gasteiger partial charge in [0, 0.05) is 5.03 Å². The number of hydrogen-bond acceptors (Lipinski definition) is 1. The van der Waals surface area contributed by atoms with E-state index in [2.05, 4.69) is 4.74 Å². The van der Waals surface area contributed by atoms with E-state index in [0.29, 0.717) is 0 Å². The van der Waals surface area contributed by atoms with Crippen LogP contribution in [-0.4, -0.2) is 12.5 Å². The molecule has 1 aliphatic carbocycles. The molecule has 1 rings (SSSR count). The van der Waals surface area contributed by atoms with Gasteiger partial charge in [-0.1, -0.05) is 23.3 Å². The molecule has 0 radical (unpaired) electrons. The summed E-state index contributed by atoms with van der Waals surface area (Å²) < 4.78 is 39.1. The first-order valence-corrected chi connectivity index (χ1v) is 4.04. The van der Waals surface area contributed by atoms with Crippen LogP contribution >= 0.6 is 11.6 Å². The van der Waals surface area contributed by atoms with Crippen molar-refractivity contribution in [2.75, 3.05) is 0 Å². The Morgan fingerprint density at radius 3 is 2.62 bits per heavy atom. The van der Waals surface area contributed by atoms with Gasteiger partial charge in [-0.15, -0.1) is 13.2 Å². The Morgan fingerprint density at radius 2 is 2.15 bits per heavy atom. The monoisotopic (exact) mass is 212 g/mol. The molecule has 0 aromatic carbocycles. The van der Waals surface area contributed by atoms with Crippen LogP contribution in [0.5, 0.6) is 0 Å². The lowest BCUT2D eigenvalue weighted by Gasteiger charge is -2.20. The minimum Gasteiger partial charge on any atom is -0.282 e. The van der Waals surface area contributed by atoms with E-state index in [1.807, 2.05) is 0 Å². The van der Waals surface area contributed by atoms with Gasteiger partial charge < -0.3 is 0 Å². The molecule has 0 spiro atoms. The Hall–Kier alpha value is -0.480. The van der Waals surface area contributed by atoms with E-state index in [1.165, 1.54) is 6.08 Å². The zero-order valence-corrected chi connectivity index (χ0v) is 7.62. The third kappa shape index (κ3) is 3.40. The molecule has 0 aromatic heterocycles. The number of rotatable bonds is 1. The molecule has 1 atom stereocenters. The van der Waals surface area contributed by atoms with Gasteiger partial charge in [0.25, 0.3) is 0 Å². The zero-order valence-electron chi connectivity index (χ0n) is 6.86. The maximum Gasteiger partial charge on any atom is 0.523 e. The number of hydrogen-bond donors (Lipinski definition) is 0. The lowest BCUT2D eigenvalue weighted by Crippen LogP contribution is -2.25. The van der Waals surface area contributed by atoms with Crippen molar-refractivity contribution in [3.63, 3.8) is 0 Å². The molecule has 0 aliphatic heterocycles. The summed E-state index contributed by atoms with van der Waals surface area (Å²) in [6.07, 6.45) is -2.41. The highest BCUT2D eigenvalue weighted by atomic mass is 35.5. The van der Waals surface area contributed by atoms with Gasteiger partial charge in [0.2, 0.25) is 0 Å². The zero-order chi connectivity index (χ0) is 10.1. The quantitative estimate of drug-likeness (QED) is 0.648. The summed E-state index contributed by atoms with van der Waals surface area (Å²) in [6, 6.07) is 0. The molecule has 0 amide bonds. The Labute approximate surface area is 78.8 Å². The van der Waals surface area contributed by atoms with Crippen molar-refractivity contribution < 1.29 is 17.9 Å². The summed E-state index contributed by atoms with van der Waals surface area (Å²) >= 11 is 5.58. The second-order valence-electron chi connectivity index (χ2n) is 2.77. The number of ether oxygens (including phenoxy) is 1. The molecule has 13 heavy (non-hydrogen) atoms. The lowest BCUT2D eigenvalue weighted by atomic mass is 10.1. The van der Waals surface area contributed by atoms with Crippen LogP contribution in [0.15, 0.2) is 22.8 Å². The molecular weight excluding hydrogens is 205 g/mol. The maximum absolute atomic E-state index is 11.8. The minimum absolute atomic E-state index is 0.0947. The van der Waals surface area contributed by atoms with Gasteiger partial charge in [-0.3, -0.25) is 4.74 Å². The molecule has 0 aromatic rings. The molecule has 1 aliphatic rings. The van der Waals surface area contributed by atoms with Crippen LogP contribution in [-0.2, 0) is 4.74 Å². The number of allylic oxidation sites excluding steroid dienone is 2. The van der Waals surface area contributed by atoms with Crippen LogP contribution in [0.2, 0.25) is 0 Å². The van der Waals surface area contributed by atoms with Crippen molar-refractivity contribution in [1.82, 2.24) is 0 Å². The van der Waals surface area contributed by atoms with Crippen LogP contribution in [0.1, 0.15) is 13.3 Å². The van der Waals surface area contributed by atoms with Crippen molar-refractivity contribution >= 4 is 11.6 Å². The summed E-state index contributed by atoms with van der Waals surface area (Å²) in [7, 11) is 0. The Bertz CT molecular complexity index is 255. The normalized spacial score (nSPS) is 23.9. The first-order valence-electron chi connectivity index (χ1n) is 3.67. The minimum atomic E-state index is -4.63. The molecule has 0 N–H and O–H groups in total. The van der Waals surface area contributed by atoms with Gasteiger partial charge in [-0.2, -0.15) is 0 Å². The highest BCUT2D eigenvalue weighted by molar-refractivity contribution is 6.30. The summed E-state index contributed by atoms with van der Waals surface area (Å²) in [4.78, 5) is 0. The Morgan fingerprint density at radius 1 is 1.54 bits per heavy atom. The average Bonchev–Trinajstić information content (AvgIpc) is 1.93. The molecule has 0 fully saturated rings. The van der Waals surface area contributed by atoms with Gasteiger partial charge in [0.1, 0.15) is 6.10 Å². The van der Waals surface area contributed by atoms with Gasteiger partial charge in [0.15, 0.2) is 0 Å². The molecule has 0 saturated carbocycles. The highest BCUT2D eigenvalue weighted by Gasteiger charge is 2.34. The predicted octanol–water partition coefficient (Wildman–Crippen LogP) is 3.36. The summed E-state index contributed by atoms with van der Waals surface area (Å²) in [5, 5.41) is 0.0947. The predicted molar refractivity (Wildman–Crippen MR) is 43.2 cm³/mol. The highest BCUT2D eigenvalue weighted by Crippen LogP contribution is 2.29. The fourth-order valence-electron chi connectivity index (χ4n) is 1.04. The van der Waals surface area contributed by atoms with Crippen LogP contribution in [0.4, 0.5) is 13.2 Å². The summed E-state index contributed by atoms with van der Waals surface area (Å²) in [5.74, 6) is 0. The van der Waals surface area contributed by atoms with Gasteiger partial charge >= 0.3 is 6.36 Å². The summed E-state index contributed by atoms with van der Waals surface area (Å²) in [5.41, 5.74) is 0.854. The second kappa shape index (κ2) is 3.72. The van der Waals surface area contributed by atoms with E-state index in [9.17, 15) is 13.2 Å². The first-order chi connectivity index (χ1) is 5.88. The van der Waals surface area contributed by atoms with Crippen LogP contribution in [0.3, 0.4) is 0 Å². The first kappa shape index (κ1) is 10.6. The maximum atomic E-state index is 11.8. The van der Waals surface area contributed by atoms with E-state index >= 15 is 0 Å². The van der Waals surface area contributed by atoms with E-state index < -0.39 is 12.5 Å². The van der Waals surface area contributed by atoms with E-state index in [4.69, 9.17) is 11.6 Å². The van der Waals surface area contributed by atoms with E-state index in [-0.39, 0.29) is 11.5 Å². The van der Waals surface area contributed by atoms with Crippen molar-refractivity contribution in [2.24, 2.45) is 0 Å². The third-order valence-corrected chi connectivity index (χ3v) is 1.96. The van der Waals surface area contributed by atoms with Gasteiger partial charge in [0.05, 0.1) is 0 Å². The standard InChI is InChI=1S/C8H8ClF3O/c1-5-2-3-7(6(9)4-5)13-8(10,11)12/h2,4,7H,3H2,1H3. The second-order valence-corrected chi connectivity index (χ2v) is 3.20. The Balaban J connectivity index is 2.62. The molecule has 1 nitrogen and oxygen atoms in total. The number of alkyl halides is 3. The topological polar surface area (TPSA) is 9.23 Å². The van der Waals surface area contributed by atoms with Crippen molar-refractivity contribution in [3.8, 4) is 0 Å². The molecule has 0 saturated heterocycles. The summed E-state index contributed by atoms with van der Waals surface area (Å²) in [6.45, 7) is 1.77. The van der Waals surface area contributed by atoms with Crippen molar-refractivity contribution in [1.29, 1.82) is 0 Å². The Kier molecular flexibility index (Phi) is 3.03. The largest absolute Gasteiger partial charge is 0.523 e. The van der Waals surface area contributed by atoms with Crippen molar-refractivity contribution in [2.45, 2.75) is 25.8 Å². The SMILES string of the molecule is CC1=CCC(OC(F)(F)F)C(Cl)=C1. The van der Waals surface area contributed by atoms with Crippen LogP contribution < -0.4 is 0 Å². The third-order valence-electron chi connectivity index (χ3n) is 1.60.